The van der Waals surface area contributed by atoms with Crippen molar-refractivity contribution < 1.29 is 20.1 Å². The van der Waals surface area contributed by atoms with E-state index in [-0.39, 0.29) is 17.2 Å². The highest BCUT2D eigenvalue weighted by Gasteiger charge is 2.29. The quantitative estimate of drug-likeness (QED) is 0.527. The fraction of sp³-hybridized carbons (Fsp3) is 0.105. The molecule has 8 heteroatoms. The predicted molar refractivity (Wildman–Crippen MR) is 98.1 cm³/mol. The fourth-order valence-electron chi connectivity index (χ4n) is 2.90. The van der Waals surface area contributed by atoms with E-state index in [4.69, 9.17) is 4.74 Å². The van der Waals surface area contributed by atoms with E-state index in [1.165, 1.54) is 24.5 Å². The zero-order valence-corrected chi connectivity index (χ0v) is 14.1. The highest BCUT2D eigenvalue weighted by molar-refractivity contribution is 6.06. The van der Waals surface area contributed by atoms with Crippen molar-refractivity contribution in [1.82, 2.24) is 9.97 Å². The van der Waals surface area contributed by atoms with Crippen LogP contribution in [0.2, 0.25) is 0 Å². The summed E-state index contributed by atoms with van der Waals surface area (Å²) in [5, 5.41) is 34.0. The molecule has 0 fully saturated rings. The molecule has 0 amide bonds. The standard InChI is InChI=1S/C19H16N4O4/c24-12-3-1-11(2-4-12)16-9-14(22-23-18-10-20-5-6-21-18)19-15(26)7-13(25)8-17(19)27-16/h1-8,10,16,24-26H,9H2,(H,21,23)/b22-14+/t16-/m0/s1. The van der Waals surface area contributed by atoms with Crippen molar-refractivity contribution in [3.05, 3.63) is 66.1 Å². The maximum absolute atomic E-state index is 10.3. The number of nitrogens with zero attached hydrogens (tertiary/aromatic N) is 3. The van der Waals surface area contributed by atoms with Crippen LogP contribution in [0.25, 0.3) is 0 Å². The molecule has 4 rings (SSSR count). The summed E-state index contributed by atoms with van der Waals surface area (Å²) in [6, 6.07) is 9.31. The number of hydrogen-bond donors (Lipinski definition) is 4. The molecule has 27 heavy (non-hydrogen) atoms. The number of nitrogens with one attached hydrogen (secondary N) is 1. The van der Waals surface area contributed by atoms with Gasteiger partial charge in [0, 0.05) is 30.9 Å². The molecule has 2 aromatic carbocycles. The van der Waals surface area contributed by atoms with Gasteiger partial charge >= 0.3 is 0 Å². The van der Waals surface area contributed by atoms with Crippen LogP contribution in [0.4, 0.5) is 5.82 Å². The number of hydrogen-bond acceptors (Lipinski definition) is 8. The number of benzene rings is 2. The van der Waals surface area contributed by atoms with Crippen molar-refractivity contribution in [3.8, 4) is 23.0 Å². The molecule has 2 heterocycles. The lowest BCUT2D eigenvalue weighted by Gasteiger charge is -2.28. The Hall–Kier alpha value is -3.81. The van der Waals surface area contributed by atoms with Crippen molar-refractivity contribution in [2.75, 3.05) is 5.43 Å². The summed E-state index contributed by atoms with van der Waals surface area (Å²) in [5.74, 6) is 0.685. The van der Waals surface area contributed by atoms with Crippen LogP contribution in [0.1, 0.15) is 23.7 Å². The number of fused-ring (bicyclic) bond motifs is 1. The van der Waals surface area contributed by atoms with Crippen molar-refractivity contribution in [2.24, 2.45) is 5.10 Å². The van der Waals surface area contributed by atoms with Crippen molar-refractivity contribution >= 4 is 11.5 Å². The van der Waals surface area contributed by atoms with Gasteiger partial charge in [-0.25, -0.2) is 4.98 Å². The monoisotopic (exact) mass is 364 g/mol. The Bertz CT molecular complexity index is 991. The molecule has 0 saturated heterocycles. The molecule has 8 nitrogen and oxygen atoms in total. The van der Waals surface area contributed by atoms with E-state index < -0.39 is 6.10 Å². The lowest BCUT2D eigenvalue weighted by molar-refractivity contribution is 0.204. The molecule has 0 unspecified atom stereocenters. The summed E-state index contributed by atoms with van der Waals surface area (Å²) >= 11 is 0. The van der Waals surface area contributed by atoms with Crippen LogP contribution in [0.3, 0.4) is 0 Å². The Balaban J connectivity index is 1.73. The van der Waals surface area contributed by atoms with Crippen LogP contribution in [0.5, 0.6) is 23.0 Å². The number of anilines is 1. The zero-order valence-electron chi connectivity index (χ0n) is 14.1. The first kappa shape index (κ1) is 16.6. The average molecular weight is 364 g/mol. The SMILES string of the molecule is Oc1ccc([C@@H]2C/C(=N\Nc3cnccn3)c3c(O)cc(O)cc3O2)cc1. The molecule has 4 N–H and O–H groups in total. The Morgan fingerprint density at radius 1 is 1.04 bits per heavy atom. The van der Waals surface area contributed by atoms with Gasteiger partial charge in [0.15, 0.2) is 5.82 Å². The molecular formula is C19H16N4O4. The van der Waals surface area contributed by atoms with Gasteiger partial charge in [0.25, 0.3) is 0 Å². The molecule has 3 aromatic rings. The van der Waals surface area contributed by atoms with E-state index in [0.717, 1.165) is 5.56 Å². The van der Waals surface area contributed by atoms with Crippen molar-refractivity contribution in [3.63, 3.8) is 0 Å². The van der Waals surface area contributed by atoms with Gasteiger partial charge in [-0.1, -0.05) is 12.1 Å². The highest BCUT2D eigenvalue weighted by Crippen LogP contribution is 2.42. The van der Waals surface area contributed by atoms with Gasteiger partial charge in [0.1, 0.15) is 29.1 Å². The molecule has 1 aliphatic rings. The van der Waals surface area contributed by atoms with Gasteiger partial charge in [0.05, 0.1) is 17.5 Å². The summed E-state index contributed by atoms with van der Waals surface area (Å²) in [6.45, 7) is 0. The van der Waals surface area contributed by atoms with Crippen molar-refractivity contribution in [1.29, 1.82) is 0 Å². The zero-order chi connectivity index (χ0) is 18.8. The third-order valence-corrected chi connectivity index (χ3v) is 4.14. The second-order valence-electron chi connectivity index (χ2n) is 6.00. The number of aromatic nitrogens is 2. The number of ether oxygens (including phenoxy) is 1. The van der Waals surface area contributed by atoms with Crippen LogP contribution in [0.15, 0.2) is 60.1 Å². The molecule has 0 radical (unpaired) electrons. The van der Waals surface area contributed by atoms with Gasteiger partial charge < -0.3 is 20.1 Å². The Kier molecular flexibility index (Phi) is 4.21. The van der Waals surface area contributed by atoms with Crippen LogP contribution in [0, 0.1) is 0 Å². The lowest BCUT2D eigenvalue weighted by atomic mass is 9.94. The Morgan fingerprint density at radius 3 is 2.59 bits per heavy atom. The first-order valence-corrected chi connectivity index (χ1v) is 8.20. The van der Waals surface area contributed by atoms with Crippen LogP contribution < -0.4 is 10.2 Å². The molecule has 0 saturated carbocycles. The largest absolute Gasteiger partial charge is 0.508 e. The summed E-state index contributed by atoms with van der Waals surface area (Å²) in [4.78, 5) is 8.07. The number of hydrazone groups is 1. The van der Waals surface area contributed by atoms with Crippen LogP contribution in [-0.4, -0.2) is 31.0 Å². The molecule has 0 spiro atoms. The topological polar surface area (TPSA) is 120 Å². The summed E-state index contributed by atoms with van der Waals surface area (Å²) < 4.78 is 5.96. The molecule has 0 bridgehead atoms. The van der Waals surface area contributed by atoms with Gasteiger partial charge in [-0.05, 0) is 17.7 Å². The normalized spacial score (nSPS) is 17.2. The number of rotatable bonds is 3. The smallest absolute Gasteiger partial charge is 0.164 e. The molecule has 1 aliphatic heterocycles. The fourth-order valence-corrected chi connectivity index (χ4v) is 2.90. The van der Waals surface area contributed by atoms with E-state index in [1.54, 1.807) is 30.5 Å². The van der Waals surface area contributed by atoms with Gasteiger partial charge in [-0.15, -0.1) is 0 Å². The minimum atomic E-state index is -0.401. The number of phenols is 3. The molecular weight excluding hydrogens is 348 g/mol. The molecule has 0 aliphatic carbocycles. The van der Waals surface area contributed by atoms with E-state index in [1.807, 2.05) is 0 Å². The van der Waals surface area contributed by atoms with E-state index >= 15 is 0 Å². The maximum atomic E-state index is 10.3. The minimum Gasteiger partial charge on any atom is -0.508 e. The van der Waals surface area contributed by atoms with E-state index in [2.05, 4.69) is 20.5 Å². The molecule has 136 valence electrons. The van der Waals surface area contributed by atoms with Crippen molar-refractivity contribution in [2.45, 2.75) is 12.5 Å². The summed E-state index contributed by atoms with van der Waals surface area (Å²) in [6.07, 6.45) is 4.58. The first-order valence-electron chi connectivity index (χ1n) is 8.20. The Morgan fingerprint density at radius 2 is 1.85 bits per heavy atom. The summed E-state index contributed by atoms with van der Waals surface area (Å²) in [7, 11) is 0. The first-order chi connectivity index (χ1) is 13.1. The second-order valence-corrected chi connectivity index (χ2v) is 6.00. The molecule has 1 atom stereocenters. The van der Waals surface area contributed by atoms with Gasteiger partial charge in [-0.2, -0.15) is 5.10 Å². The van der Waals surface area contributed by atoms with Gasteiger partial charge in [0.2, 0.25) is 0 Å². The van der Waals surface area contributed by atoms with Crippen LogP contribution in [-0.2, 0) is 0 Å². The number of phenolic OH excluding ortho intramolecular Hbond substituents is 3. The molecule has 1 aromatic heterocycles. The summed E-state index contributed by atoms with van der Waals surface area (Å²) in [5.41, 5.74) is 4.59. The van der Waals surface area contributed by atoms with Gasteiger partial charge in [-0.3, -0.25) is 10.4 Å². The highest BCUT2D eigenvalue weighted by atomic mass is 16.5. The minimum absolute atomic E-state index is 0.112. The van der Waals surface area contributed by atoms with E-state index in [9.17, 15) is 15.3 Å². The third-order valence-electron chi connectivity index (χ3n) is 4.14. The van der Waals surface area contributed by atoms with Crippen LogP contribution >= 0.6 is 0 Å². The lowest BCUT2D eigenvalue weighted by Crippen LogP contribution is -2.22. The Labute approximate surface area is 154 Å². The third kappa shape index (κ3) is 3.45. The van der Waals surface area contributed by atoms with E-state index in [0.29, 0.717) is 29.3 Å². The number of aromatic hydroxyl groups is 3. The predicted octanol–water partition coefficient (Wildman–Crippen LogP) is 2.93. The second kappa shape index (κ2) is 6.83. The maximum Gasteiger partial charge on any atom is 0.164 e. The average Bonchev–Trinajstić information content (AvgIpc) is 2.67.